The van der Waals surface area contributed by atoms with Crippen LogP contribution in [0.3, 0.4) is 0 Å². The SMILES string of the molecule is O=S(=O)(NCCCCCI)c1sccc1Br. The van der Waals surface area contributed by atoms with Gasteiger partial charge in [-0.15, -0.1) is 11.3 Å². The lowest BCUT2D eigenvalue weighted by Gasteiger charge is -2.04. The molecule has 1 aromatic rings. The highest BCUT2D eigenvalue weighted by molar-refractivity contribution is 14.1. The maximum Gasteiger partial charge on any atom is 0.251 e. The highest BCUT2D eigenvalue weighted by Crippen LogP contribution is 2.27. The third kappa shape index (κ3) is 4.59. The summed E-state index contributed by atoms with van der Waals surface area (Å²) in [5.41, 5.74) is 0. The van der Waals surface area contributed by atoms with Gasteiger partial charge in [-0.2, -0.15) is 0 Å². The molecule has 0 fully saturated rings. The van der Waals surface area contributed by atoms with Crippen molar-refractivity contribution in [2.75, 3.05) is 11.0 Å². The van der Waals surface area contributed by atoms with Crippen molar-refractivity contribution in [3.63, 3.8) is 0 Å². The molecule has 0 aliphatic carbocycles. The molecule has 0 aliphatic rings. The third-order valence-electron chi connectivity index (χ3n) is 1.93. The molecule has 1 N–H and O–H groups in total. The topological polar surface area (TPSA) is 46.2 Å². The highest BCUT2D eigenvalue weighted by atomic mass is 127. The Bertz CT molecular complexity index is 419. The first-order valence-corrected chi connectivity index (χ1v) is 9.54. The van der Waals surface area contributed by atoms with E-state index in [0.29, 0.717) is 15.2 Å². The van der Waals surface area contributed by atoms with Crippen molar-refractivity contribution in [1.29, 1.82) is 0 Å². The Morgan fingerprint density at radius 3 is 2.69 bits per heavy atom. The van der Waals surface area contributed by atoms with Crippen LogP contribution in [0.4, 0.5) is 0 Å². The van der Waals surface area contributed by atoms with Gasteiger partial charge in [-0.1, -0.05) is 29.0 Å². The molecular formula is C9H13BrINO2S2. The van der Waals surface area contributed by atoms with Gasteiger partial charge in [-0.05, 0) is 44.6 Å². The van der Waals surface area contributed by atoms with E-state index in [1.54, 1.807) is 11.4 Å². The third-order valence-corrected chi connectivity index (χ3v) is 6.82. The van der Waals surface area contributed by atoms with Gasteiger partial charge >= 0.3 is 0 Å². The number of unbranched alkanes of at least 4 members (excludes halogenated alkanes) is 2. The van der Waals surface area contributed by atoms with Gasteiger partial charge in [-0.3, -0.25) is 0 Å². The van der Waals surface area contributed by atoms with Crippen LogP contribution in [-0.2, 0) is 10.0 Å². The van der Waals surface area contributed by atoms with Gasteiger partial charge in [0, 0.05) is 11.0 Å². The molecule has 1 heterocycles. The summed E-state index contributed by atoms with van der Waals surface area (Å²) < 4.78 is 28.4. The minimum Gasteiger partial charge on any atom is -0.210 e. The van der Waals surface area contributed by atoms with Crippen LogP contribution in [0, 0.1) is 0 Å². The second kappa shape index (κ2) is 7.30. The zero-order chi connectivity index (χ0) is 12.0. The van der Waals surface area contributed by atoms with Crippen molar-refractivity contribution < 1.29 is 8.42 Å². The quantitative estimate of drug-likeness (QED) is 0.403. The molecule has 0 atom stereocenters. The largest absolute Gasteiger partial charge is 0.251 e. The fraction of sp³-hybridized carbons (Fsp3) is 0.556. The van der Waals surface area contributed by atoms with Crippen molar-refractivity contribution in [3.8, 4) is 0 Å². The average Bonchev–Trinajstić information content (AvgIpc) is 2.65. The van der Waals surface area contributed by atoms with E-state index in [4.69, 9.17) is 0 Å². The minimum absolute atomic E-state index is 0.362. The van der Waals surface area contributed by atoms with Gasteiger partial charge in [0.15, 0.2) is 0 Å². The summed E-state index contributed by atoms with van der Waals surface area (Å²) in [7, 11) is -3.32. The lowest BCUT2D eigenvalue weighted by Crippen LogP contribution is -2.24. The Morgan fingerprint density at radius 1 is 1.38 bits per heavy atom. The van der Waals surface area contributed by atoms with Crippen LogP contribution in [0.15, 0.2) is 20.1 Å². The number of halogens is 2. The molecule has 0 aliphatic heterocycles. The number of rotatable bonds is 7. The smallest absolute Gasteiger partial charge is 0.210 e. The first kappa shape index (κ1) is 14.9. The standard InChI is InChI=1S/C9H13BrINO2S2/c10-8-4-7-15-9(8)16(13,14)12-6-3-1-2-5-11/h4,7,12H,1-3,5-6H2. The molecule has 92 valence electrons. The van der Waals surface area contributed by atoms with E-state index in [9.17, 15) is 8.42 Å². The molecule has 3 nitrogen and oxygen atoms in total. The molecule has 0 saturated carbocycles. The van der Waals surface area contributed by atoms with E-state index >= 15 is 0 Å². The molecule has 0 aromatic carbocycles. The Labute approximate surface area is 122 Å². The molecule has 7 heteroatoms. The molecule has 0 saturated heterocycles. The Hall–Kier alpha value is 0.820. The predicted octanol–water partition coefficient (Wildman–Crippen LogP) is 3.39. The maximum absolute atomic E-state index is 11.8. The molecule has 0 spiro atoms. The van der Waals surface area contributed by atoms with E-state index in [-0.39, 0.29) is 0 Å². The normalized spacial score (nSPS) is 11.9. The van der Waals surface area contributed by atoms with E-state index < -0.39 is 10.0 Å². The predicted molar refractivity (Wildman–Crippen MR) is 79.9 cm³/mol. The van der Waals surface area contributed by atoms with Gasteiger partial charge in [0.25, 0.3) is 10.0 Å². The fourth-order valence-electron chi connectivity index (χ4n) is 1.14. The second-order valence-corrected chi connectivity index (χ2v) is 8.01. The maximum atomic E-state index is 11.8. The summed E-state index contributed by atoms with van der Waals surface area (Å²) in [6, 6.07) is 1.75. The van der Waals surface area contributed by atoms with Crippen molar-refractivity contribution in [2.45, 2.75) is 23.5 Å². The molecule has 16 heavy (non-hydrogen) atoms. The molecule has 0 amide bonds. The summed E-state index contributed by atoms with van der Waals surface area (Å²) in [6.45, 7) is 0.517. The molecule has 0 radical (unpaired) electrons. The van der Waals surface area contributed by atoms with Crippen LogP contribution in [0.5, 0.6) is 0 Å². The van der Waals surface area contributed by atoms with Crippen LogP contribution in [0.25, 0.3) is 0 Å². The van der Waals surface area contributed by atoms with Crippen molar-refractivity contribution in [2.24, 2.45) is 0 Å². The minimum atomic E-state index is -3.32. The van der Waals surface area contributed by atoms with Crippen LogP contribution in [0.1, 0.15) is 19.3 Å². The summed E-state index contributed by atoms with van der Waals surface area (Å²) in [6.07, 6.45) is 3.10. The van der Waals surface area contributed by atoms with Crippen molar-refractivity contribution in [1.82, 2.24) is 4.72 Å². The second-order valence-electron chi connectivity index (χ2n) is 3.20. The molecule has 0 unspecified atom stereocenters. The van der Waals surface area contributed by atoms with Gasteiger partial charge in [0.2, 0.25) is 0 Å². The number of sulfonamides is 1. The highest BCUT2D eigenvalue weighted by Gasteiger charge is 2.17. The number of nitrogens with one attached hydrogen (secondary N) is 1. The summed E-state index contributed by atoms with van der Waals surface area (Å²) >= 11 is 6.78. The van der Waals surface area contributed by atoms with Gasteiger partial charge in [0.1, 0.15) is 4.21 Å². The molecule has 0 bridgehead atoms. The van der Waals surface area contributed by atoms with E-state index in [0.717, 1.165) is 23.7 Å². The monoisotopic (exact) mass is 437 g/mol. The van der Waals surface area contributed by atoms with Gasteiger partial charge in [0.05, 0.1) is 0 Å². The fourth-order valence-corrected chi connectivity index (χ4v) is 5.13. The van der Waals surface area contributed by atoms with Crippen molar-refractivity contribution in [3.05, 3.63) is 15.9 Å². The molecular weight excluding hydrogens is 425 g/mol. The van der Waals surface area contributed by atoms with Crippen LogP contribution in [-0.4, -0.2) is 19.4 Å². The summed E-state index contributed by atoms with van der Waals surface area (Å²) in [5, 5.41) is 1.76. The van der Waals surface area contributed by atoms with Crippen LogP contribution >= 0.6 is 49.9 Å². The molecule has 1 aromatic heterocycles. The Morgan fingerprint density at radius 2 is 2.12 bits per heavy atom. The van der Waals surface area contributed by atoms with E-state index in [1.807, 2.05) is 0 Å². The average molecular weight is 438 g/mol. The lowest BCUT2D eigenvalue weighted by atomic mass is 10.3. The van der Waals surface area contributed by atoms with E-state index in [1.165, 1.54) is 11.3 Å². The van der Waals surface area contributed by atoms with Gasteiger partial charge < -0.3 is 0 Å². The Balaban J connectivity index is 2.45. The Kier molecular flexibility index (Phi) is 6.79. The van der Waals surface area contributed by atoms with Crippen LogP contribution < -0.4 is 4.72 Å². The van der Waals surface area contributed by atoms with Crippen molar-refractivity contribution >= 4 is 59.9 Å². The van der Waals surface area contributed by atoms with E-state index in [2.05, 4.69) is 43.2 Å². The van der Waals surface area contributed by atoms with Crippen LogP contribution in [0.2, 0.25) is 0 Å². The zero-order valence-electron chi connectivity index (χ0n) is 8.58. The number of hydrogen-bond acceptors (Lipinski definition) is 3. The molecule has 1 rings (SSSR count). The lowest BCUT2D eigenvalue weighted by molar-refractivity contribution is 0.578. The number of thiophene rings is 1. The van der Waals surface area contributed by atoms with Gasteiger partial charge in [-0.25, -0.2) is 13.1 Å². The first-order chi connectivity index (χ1) is 7.58. The zero-order valence-corrected chi connectivity index (χ0v) is 14.0. The number of alkyl halides is 1. The first-order valence-electron chi connectivity index (χ1n) is 4.86. The summed E-state index contributed by atoms with van der Waals surface area (Å²) in [4.78, 5) is 0. The summed E-state index contributed by atoms with van der Waals surface area (Å²) in [5.74, 6) is 0. The number of hydrogen-bond donors (Lipinski definition) is 1.